The van der Waals surface area contributed by atoms with Gasteiger partial charge in [-0.25, -0.2) is 0 Å². The van der Waals surface area contributed by atoms with Gasteiger partial charge < -0.3 is 9.64 Å². The molecule has 2 heterocycles. The summed E-state index contributed by atoms with van der Waals surface area (Å²) in [4.78, 5) is 15.1. The number of amides is 1. The van der Waals surface area contributed by atoms with Crippen LogP contribution in [0.1, 0.15) is 67.7 Å². The number of fused-ring (bicyclic) bond motifs is 1. The summed E-state index contributed by atoms with van der Waals surface area (Å²) in [5.74, 6) is 0.866. The second-order valence-corrected chi connectivity index (χ2v) is 8.06. The molecule has 0 fully saturated rings. The van der Waals surface area contributed by atoms with Gasteiger partial charge in [0.2, 0.25) is 0 Å². The molecular weight excluding hydrogens is 374 g/mol. The second kappa shape index (κ2) is 8.74. The molecule has 2 aromatic carbocycles. The smallest absolute Gasteiger partial charge is 0.273 e. The van der Waals surface area contributed by atoms with Crippen molar-refractivity contribution in [2.45, 2.75) is 52.1 Å². The van der Waals surface area contributed by atoms with Crippen LogP contribution in [0.5, 0.6) is 5.75 Å². The van der Waals surface area contributed by atoms with Crippen LogP contribution < -0.4 is 4.74 Å². The van der Waals surface area contributed by atoms with Crippen LogP contribution in [0.4, 0.5) is 0 Å². The molecule has 156 valence electrons. The standard InChI is InChI=1S/C25H29N3O2/c1-4-5-9-16-30-20-14-12-19(13-15-20)24-21-22(18-10-7-6-8-11-18)26-27-23(21)25(29)28(24)17(2)3/h6-8,10-15,17,24H,4-5,9,16H2,1-3H3,(H,26,27). The predicted molar refractivity (Wildman–Crippen MR) is 119 cm³/mol. The summed E-state index contributed by atoms with van der Waals surface area (Å²) in [7, 11) is 0. The van der Waals surface area contributed by atoms with Crippen LogP contribution in [-0.4, -0.2) is 33.7 Å². The van der Waals surface area contributed by atoms with Gasteiger partial charge >= 0.3 is 0 Å². The highest BCUT2D eigenvalue weighted by Crippen LogP contribution is 2.43. The number of carbonyl (C=O) groups excluding carboxylic acids is 1. The van der Waals surface area contributed by atoms with Gasteiger partial charge in [0.1, 0.15) is 11.4 Å². The highest BCUT2D eigenvalue weighted by molar-refractivity contribution is 6.00. The van der Waals surface area contributed by atoms with E-state index in [-0.39, 0.29) is 18.0 Å². The van der Waals surface area contributed by atoms with Crippen LogP contribution in [0.3, 0.4) is 0 Å². The summed E-state index contributed by atoms with van der Waals surface area (Å²) in [6.45, 7) is 7.03. The molecule has 1 amide bonds. The highest BCUT2D eigenvalue weighted by Gasteiger charge is 2.43. The molecule has 0 aliphatic carbocycles. The van der Waals surface area contributed by atoms with Gasteiger partial charge in [-0.2, -0.15) is 5.10 Å². The SMILES string of the molecule is CCCCCOc1ccc(C2c3c(-c4ccccc4)n[nH]c3C(=O)N2C(C)C)cc1. The number of ether oxygens (including phenoxy) is 1. The Morgan fingerprint density at radius 3 is 2.47 bits per heavy atom. The Morgan fingerprint density at radius 1 is 1.07 bits per heavy atom. The summed E-state index contributed by atoms with van der Waals surface area (Å²) in [6.07, 6.45) is 3.42. The fourth-order valence-electron chi connectivity index (χ4n) is 4.13. The summed E-state index contributed by atoms with van der Waals surface area (Å²) < 4.78 is 5.87. The highest BCUT2D eigenvalue weighted by atomic mass is 16.5. The number of benzene rings is 2. The van der Waals surface area contributed by atoms with E-state index in [0.29, 0.717) is 5.69 Å². The molecule has 4 rings (SSSR count). The molecular formula is C25H29N3O2. The van der Waals surface area contributed by atoms with Gasteiger partial charge in [-0.15, -0.1) is 0 Å². The zero-order valence-electron chi connectivity index (χ0n) is 17.9. The van der Waals surface area contributed by atoms with E-state index in [4.69, 9.17) is 4.74 Å². The minimum Gasteiger partial charge on any atom is -0.494 e. The van der Waals surface area contributed by atoms with Gasteiger partial charge in [-0.3, -0.25) is 9.89 Å². The van der Waals surface area contributed by atoms with Crippen LogP contribution in [0.15, 0.2) is 54.6 Å². The number of nitrogens with one attached hydrogen (secondary N) is 1. The fourth-order valence-corrected chi connectivity index (χ4v) is 4.13. The van der Waals surface area contributed by atoms with Gasteiger partial charge in [0.25, 0.3) is 5.91 Å². The lowest BCUT2D eigenvalue weighted by atomic mass is 9.95. The van der Waals surface area contributed by atoms with Gasteiger partial charge in [-0.05, 0) is 38.0 Å². The lowest BCUT2D eigenvalue weighted by Crippen LogP contribution is -2.35. The van der Waals surface area contributed by atoms with Gasteiger partial charge in [0.05, 0.1) is 18.3 Å². The molecule has 1 unspecified atom stereocenters. The first kappa shape index (κ1) is 20.2. The molecule has 1 N–H and O–H groups in total. The third-order valence-electron chi connectivity index (χ3n) is 5.62. The zero-order valence-corrected chi connectivity index (χ0v) is 17.9. The second-order valence-electron chi connectivity index (χ2n) is 8.06. The Bertz CT molecular complexity index is 993. The maximum atomic E-state index is 13.2. The van der Waals surface area contributed by atoms with E-state index in [1.807, 2.05) is 47.4 Å². The van der Waals surface area contributed by atoms with Crippen molar-refractivity contribution in [2.75, 3.05) is 6.61 Å². The molecule has 0 bridgehead atoms. The van der Waals surface area contributed by atoms with Crippen molar-refractivity contribution in [1.82, 2.24) is 15.1 Å². The van der Waals surface area contributed by atoms with E-state index in [1.54, 1.807) is 0 Å². The largest absolute Gasteiger partial charge is 0.494 e. The number of aromatic nitrogens is 2. The number of aromatic amines is 1. The van der Waals surface area contributed by atoms with Crippen LogP contribution in [0.25, 0.3) is 11.3 Å². The lowest BCUT2D eigenvalue weighted by molar-refractivity contribution is 0.0688. The van der Waals surface area contributed by atoms with E-state index in [2.05, 4.69) is 43.1 Å². The monoisotopic (exact) mass is 403 g/mol. The van der Waals surface area contributed by atoms with E-state index < -0.39 is 0 Å². The number of hydrogen-bond acceptors (Lipinski definition) is 3. The summed E-state index contributed by atoms with van der Waals surface area (Å²) in [5.41, 5.74) is 4.46. The fraction of sp³-hybridized carbons (Fsp3) is 0.360. The molecule has 30 heavy (non-hydrogen) atoms. The minimum absolute atomic E-state index is 0.000395. The number of nitrogens with zero attached hydrogens (tertiary/aromatic N) is 2. The Kier molecular flexibility index (Phi) is 5.88. The normalized spacial score (nSPS) is 15.7. The van der Waals surface area contributed by atoms with Crippen molar-refractivity contribution in [2.24, 2.45) is 0 Å². The maximum absolute atomic E-state index is 13.2. The van der Waals surface area contributed by atoms with Crippen LogP contribution in [-0.2, 0) is 0 Å². The van der Waals surface area contributed by atoms with E-state index in [9.17, 15) is 4.79 Å². The Balaban J connectivity index is 1.68. The van der Waals surface area contributed by atoms with Crippen LogP contribution >= 0.6 is 0 Å². The van der Waals surface area contributed by atoms with Crippen molar-refractivity contribution >= 4 is 5.91 Å². The molecule has 0 saturated carbocycles. The minimum atomic E-state index is -0.171. The Labute approximate surface area is 178 Å². The molecule has 0 radical (unpaired) electrons. The Hall–Kier alpha value is -3.08. The number of rotatable bonds is 8. The molecule has 1 atom stereocenters. The number of hydrogen-bond donors (Lipinski definition) is 1. The van der Waals surface area contributed by atoms with Crippen molar-refractivity contribution in [1.29, 1.82) is 0 Å². The molecule has 5 nitrogen and oxygen atoms in total. The lowest BCUT2D eigenvalue weighted by Gasteiger charge is -2.30. The van der Waals surface area contributed by atoms with Gasteiger partial charge in [0.15, 0.2) is 0 Å². The molecule has 0 spiro atoms. The molecule has 0 saturated heterocycles. The predicted octanol–water partition coefficient (Wildman–Crippen LogP) is 5.60. The molecule has 5 heteroatoms. The van der Waals surface area contributed by atoms with E-state index in [0.717, 1.165) is 41.2 Å². The van der Waals surface area contributed by atoms with Crippen LogP contribution in [0.2, 0.25) is 0 Å². The van der Waals surface area contributed by atoms with E-state index in [1.165, 1.54) is 12.8 Å². The number of unbranched alkanes of at least 4 members (excludes halogenated alkanes) is 2. The third-order valence-corrected chi connectivity index (χ3v) is 5.62. The third kappa shape index (κ3) is 3.72. The average molecular weight is 404 g/mol. The maximum Gasteiger partial charge on any atom is 0.273 e. The molecule has 3 aromatic rings. The van der Waals surface area contributed by atoms with Crippen LogP contribution in [0, 0.1) is 0 Å². The van der Waals surface area contributed by atoms with Crippen molar-refractivity contribution in [3.63, 3.8) is 0 Å². The first-order valence-electron chi connectivity index (χ1n) is 10.8. The summed E-state index contributed by atoms with van der Waals surface area (Å²) >= 11 is 0. The van der Waals surface area contributed by atoms with Gasteiger partial charge in [-0.1, -0.05) is 62.2 Å². The summed E-state index contributed by atoms with van der Waals surface area (Å²) in [5, 5.41) is 7.51. The molecule has 1 aromatic heterocycles. The molecule has 1 aliphatic rings. The first-order valence-corrected chi connectivity index (χ1v) is 10.8. The average Bonchev–Trinajstić information content (AvgIpc) is 3.31. The first-order chi connectivity index (χ1) is 14.6. The number of carbonyl (C=O) groups is 1. The van der Waals surface area contributed by atoms with Crippen molar-refractivity contribution in [3.8, 4) is 17.0 Å². The summed E-state index contributed by atoms with van der Waals surface area (Å²) in [6, 6.07) is 18.1. The Morgan fingerprint density at radius 2 is 1.80 bits per heavy atom. The van der Waals surface area contributed by atoms with Gasteiger partial charge in [0, 0.05) is 17.2 Å². The quantitative estimate of drug-likeness (QED) is 0.498. The van der Waals surface area contributed by atoms with Crippen molar-refractivity contribution in [3.05, 3.63) is 71.4 Å². The topological polar surface area (TPSA) is 58.2 Å². The van der Waals surface area contributed by atoms with E-state index >= 15 is 0 Å². The molecule has 1 aliphatic heterocycles. The zero-order chi connectivity index (χ0) is 21.1. The number of H-pyrrole nitrogens is 1. The van der Waals surface area contributed by atoms with Crippen molar-refractivity contribution < 1.29 is 9.53 Å².